The topological polar surface area (TPSA) is 145 Å². The van der Waals surface area contributed by atoms with Crippen molar-refractivity contribution in [2.45, 2.75) is 89.6 Å². The second-order valence-electron chi connectivity index (χ2n) is 14.1. The van der Waals surface area contributed by atoms with Crippen LogP contribution >= 0.6 is 0 Å². The van der Waals surface area contributed by atoms with Crippen molar-refractivity contribution in [3.05, 3.63) is 46.6 Å². The normalized spacial score (nSPS) is 38.1. The number of fused-ring (bicyclic) bond motifs is 4. The summed E-state index contributed by atoms with van der Waals surface area (Å²) in [5.74, 6) is -1.26. The molecule has 3 heterocycles. The number of carbonyl (C=O) groups excluding carboxylic acids is 2. The van der Waals surface area contributed by atoms with E-state index < -0.39 is 46.3 Å². The number of ether oxygens (including phenoxy) is 3. The Hall–Kier alpha value is -3.24. The summed E-state index contributed by atoms with van der Waals surface area (Å²) in [5.41, 5.74) is -2.85. The smallest absolute Gasteiger partial charge is 0.345 e. The maximum Gasteiger partial charge on any atom is 0.345 e. The first-order valence-corrected chi connectivity index (χ1v) is 15.5. The molecule has 3 unspecified atom stereocenters. The van der Waals surface area contributed by atoms with Crippen LogP contribution in [0.4, 0.5) is 0 Å². The predicted molar refractivity (Wildman–Crippen MR) is 152 cm³/mol. The van der Waals surface area contributed by atoms with Crippen molar-refractivity contribution in [2.24, 2.45) is 34.5 Å². The molecule has 5 aliphatic rings. The fourth-order valence-electron chi connectivity index (χ4n) is 8.45. The van der Waals surface area contributed by atoms with Crippen molar-refractivity contribution in [2.75, 3.05) is 6.61 Å². The number of carbonyl (C=O) groups is 2. The fraction of sp³-hybridized carbons (Fsp3) is 0.636. The largest absolute Gasteiger partial charge is 0.484 e. The van der Waals surface area contributed by atoms with Gasteiger partial charge in [-0.25, -0.2) is 4.79 Å². The standard InChI is InChI=1S/C33H39NO9/c1-31-11-10-24(42-29(38)18-8-9-18)32(2,16-40-28(37)17-6-7-17)22(31)14-23(35)33(3)27(31)26(36)25-21(43-33)13-20(41-30(25)39)19-5-4-12-34-15-19/h4-5,12-13,15,17-18,22-24,26-27,35-36H,6-11,14,16H2,1-3H3/t22?,23-,24-,26?,27?,31-,32-,33+/m0/s1. The number of esters is 2. The fourth-order valence-corrected chi connectivity index (χ4v) is 8.45. The van der Waals surface area contributed by atoms with Crippen LogP contribution in [0, 0.1) is 34.5 Å². The van der Waals surface area contributed by atoms with E-state index in [2.05, 4.69) is 11.9 Å². The highest BCUT2D eigenvalue weighted by molar-refractivity contribution is 5.75. The SMILES string of the molecule is C[C@]12CC[C@H](OC(=O)C3CC3)[C@@](C)(COC(=O)C3CC3)C1C[C@H](O)[C@@]1(C)Oc3cc(-c4cccnc4)oc(=O)c3C(O)C21. The van der Waals surface area contributed by atoms with Crippen molar-refractivity contribution < 1.29 is 38.4 Å². The van der Waals surface area contributed by atoms with E-state index in [1.807, 2.05) is 6.92 Å². The summed E-state index contributed by atoms with van der Waals surface area (Å²) in [7, 11) is 0. The molecule has 4 aliphatic carbocycles. The first-order valence-electron chi connectivity index (χ1n) is 15.5. The Morgan fingerprint density at radius 3 is 2.47 bits per heavy atom. The first kappa shape index (κ1) is 28.5. The Balaban J connectivity index is 1.27. The van der Waals surface area contributed by atoms with Crippen LogP contribution in [0.5, 0.6) is 5.75 Å². The third-order valence-corrected chi connectivity index (χ3v) is 11.2. The Morgan fingerprint density at radius 2 is 1.79 bits per heavy atom. The lowest BCUT2D eigenvalue weighted by Crippen LogP contribution is -2.71. The first-order chi connectivity index (χ1) is 20.5. The van der Waals surface area contributed by atoms with Crippen LogP contribution in [-0.4, -0.2) is 51.6 Å². The van der Waals surface area contributed by atoms with Gasteiger partial charge in [0.2, 0.25) is 0 Å². The molecule has 2 aromatic rings. The van der Waals surface area contributed by atoms with Crippen LogP contribution in [0.3, 0.4) is 0 Å². The van der Waals surface area contributed by atoms with Gasteiger partial charge in [0.25, 0.3) is 0 Å². The van der Waals surface area contributed by atoms with Gasteiger partial charge in [0, 0.05) is 35.4 Å². The van der Waals surface area contributed by atoms with Crippen molar-refractivity contribution >= 4 is 11.9 Å². The van der Waals surface area contributed by atoms with E-state index in [-0.39, 0.29) is 59.8 Å². The zero-order chi connectivity index (χ0) is 30.3. The second kappa shape index (κ2) is 9.89. The van der Waals surface area contributed by atoms with E-state index in [1.54, 1.807) is 37.5 Å². The molecular weight excluding hydrogens is 554 g/mol. The van der Waals surface area contributed by atoms with Crippen molar-refractivity contribution in [1.29, 1.82) is 0 Å². The summed E-state index contributed by atoms with van der Waals surface area (Å²) in [6.07, 6.45) is 4.89. The van der Waals surface area contributed by atoms with Gasteiger partial charge < -0.3 is 28.8 Å². The predicted octanol–water partition coefficient (Wildman–Crippen LogP) is 3.96. The van der Waals surface area contributed by atoms with Gasteiger partial charge in [-0.15, -0.1) is 0 Å². The van der Waals surface area contributed by atoms with Crippen molar-refractivity contribution in [3.8, 4) is 17.1 Å². The number of rotatable bonds is 6. The van der Waals surface area contributed by atoms with Gasteiger partial charge in [-0.1, -0.05) is 13.8 Å². The number of aliphatic hydroxyl groups is 2. The summed E-state index contributed by atoms with van der Waals surface area (Å²) >= 11 is 0. The van der Waals surface area contributed by atoms with Crippen LogP contribution in [0.2, 0.25) is 0 Å². The molecule has 4 saturated carbocycles. The Labute approximate surface area is 249 Å². The molecule has 0 radical (unpaired) electrons. The van der Waals surface area contributed by atoms with Crippen molar-refractivity contribution in [1.82, 2.24) is 4.98 Å². The van der Waals surface area contributed by atoms with Gasteiger partial charge in [-0.05, 0) is 75.3 Å². The highest BCUT2D eigenvalue weighted by Crippen LogP contribution is 2.67. The van der Waals surface area contributed by atoms with Gasteiger partial charge in [0.15, 0.2) is 0 Å². The lowest BCUT2D eigenvalue weighted by atomic mass is 9.42. The van der Waals surface area contributed by atoms with Gasteiger partial charge in [0.05, 0.1) is 24.0 Å². The monoisotopic (exact) mass is 593 g/mol. The van der Waals surface area contributed by atoms with Gasteiger partial charge in [0.1, 0.15) is 35.4 Å². The molecule has 230 valence electrons. The van der Waals surface area contributed by atoms with E-state index >= 15 is 0 Å². The maximum absolute atomic E-state index is 13.4. The minimum atomic E-state index is -1.29. The zero-order valence-electron chi connectivity index (χ0n) is 24.8. The van der Waals surface area contributed by atoms with Crippen LogP contribution in [0.25, 0.3) is 11.3 Å². The van der Waals surface area contributed by atoms with Gasteiger partial charge >= 0.3 is 17.6 Å². The summed E-state index contributed by atoms with van der Waals surface area (Å²) < 4.78 is 24.2. The molecule has 1 aliphatic heterocycles. The molecule has 0 aromatic carbocycles. The Bertz CT molecular complexity index is 1500. The van der Waals surface area contributed by atoms with E-state index in [1.165, 1.54) is 0 Å². The molecule has 0 saturated heterocycles. The summed E-state index contributed by atoms with van der Waals surface area (Å²) in [6, 6.07) is 5.06. The molecule has 7 rings (SSSR count). The average Bonchev–Trinajstić information content (AvgIpc) is 3.88. The summed E-state index contributed by atoms with van der Waals surface area (Å²) in [4.78, 5) is 43.1. The quantitative estimate of drug-likeness (QED) is 0.472. The van der Waals surface area contributed by atoms with Crippen molar-refractivity contribution in [3.63, 3.8) is 0 Å². The average molecular weight is 594 g/mol. The maximum atomic E-state index is 13.4. The molecule has 10 heteroatoms. The zero-order valence-corrected chi connectivity index (χ0v) is 24.8. The third-order valence-electron chi connectivity index (χ3n) is 11.2. The number of hydrogen-bond acceptors (Lipinski definition) is 10. The second-order valence-corrected chi connectivity index (χ2v) is 14.1. The van der Waals surface area contributed by atoms with Crippen LogP contribution in [-0.2, 0) is 19.1 Å². The number of pyridine rings is 1. The summed E-state index contributed by atoms with van der Waals surface area (Å²) in [6.45, 7) is 5.84. The highest BCUT2D eigenvalue weighted by Gasteiger charge is 2.70. The van der Waals surface area contributed by atoms with Crippen LogP contribution in [0.1, 0.15) is 77.4 Å². The molecule has 4 fully saturated rings. The van der Waals surface area contributed by atoms with E-state index in [9.17, 15) is 24.6 Å². The third kappa shape index (κ3) is 4.51. The summed E-state index contributed by atoms with van der Waals surface area (Å²) in [5, 5.41) is 23.8. The molecule has 2 N–H and O–H groups in total. The molecule has 2 aromatic heterocycles. The van der Waals surface area contributed by atoms with E-state index in [0.29, 0.717) is 18.4 Å². The molecule has 0 bridgehead atoms. The minimum Gasteiger partial charge on any atom is -0.484 e. The van der Waals surface area contributed by atoms with Gasteiger partial charge in [-0.2, -0.15) is 0 Å². The minimum absolute atomic E-state index is 0.0216. The molecule has 0 spiro atoms. The van der Waals surface area contributed by atoms with Gasteiger partial charge in [-0.3, -0.25) is 14.6 Å². The van der Waals surface area contributed by atoms with Crippen LogP contribution in [0.15, 0.2) is 39.8 Å². The number of aliphatic hydroxyl groups excluding tert-OH is 2. The molecule has 43 heavy (non-hydrogen) atoms. The molecular formula is C33H39NO9. The lowest BCUT2D eigenvalue weighted by molar-refractivity contribution is -0.267. The molecule has 0 amide bonds. The number of aromatic nitrogens is 1. The van der Waals surface area contributed by atoms with E-state index in [0.717, 1.165) is 25.7 Å². The number of nitrogens with zero attached hydrogens (tertiary/aromatic N) is 1. The molecule has 8 atom stereocenters. The highest BCUT2D eigenvalue weighted by atomic mass is 16.6. The van der Waals surface area contributed by atoms with E-state index in [4.69, 9.17) is 18.6 Å². The Morgan fingerprint density at radius 1 is 1.07 bits per heavy atom. The number of hydrogen-bond donors (Lipinski definition) is 2. The lowest BCUT2D eigenvalue weighted by Gasteiger charge is -2.66. The Kier molecular flexibility index (Phi) is 6.56. The molecule has 10 nitrogen and oxygen atoms in total. The van der Waals surface area contributed by atoms with Crippen LogP contribution < -0.4 is 10.4 Å².